The molecule has 1 aliphatic rings. The molecule has 0 aromatic carbocycles. The van der Waals surface area contributed by atoms with Gasteiger partial charge in [0.2, 0.25) is 5.91 Å². The molecule has 25 heavy (non-hydrogen) atoms. The summed E-state index contributed by atoms with van der Waals surface area (Å²) in [6.07, 6.45) is 4.27. The highest BCUT2D eigenvalue weighted by Gasteiger charge is 2.30. The lowest BCUT2D eigenvalue weighted by atomic mass is 9.91. The number of nitrogens with zero attached hydrogens (tertiary/aromatic N) is 1. The third kappa shape index (κ3) is 6.44. The van der Waals surface area contributed by atoms with Gasteiger partial charge >= 0.3 is 6.09 Å². The van der Waals surface area contributed by atoms with Crippen molar-refractivity contribution in [1.29, 1.82) is 0 Å². The quantitative estimate of drug-likeness (QED) is 0.884. The van der Waals surface area contributed by atoms with Crippen molar-refractivity contribution < 1.29 is 18.7 Å². The minimum absolute atomic E-state index is 0.0123. The fourth-order valence-corrected chi connectivity index (χ4v) is 3.05. The number of hydrogen-bond donors (Lipinski definition) is 1. The first-order chi connectivity index (χ1) is 11.7. The summed E-state index contributed by atoms with van der Waals surface area (Å²) in [4.78, 5) is 26.1. The van der Waals surface area contributed by atoms with Gasteiger partial charge in [0.05, 0.1) is 6.26 Å². The first-order valence-corrected chi connectivity index (χ1v) is 9.04. The summed E-state index contributed by atoms with van der Waals surface area (Å²) in [6, 6.07) is 3.72. The van der Waals surface area contributed by atoms with Crippen LogP contribution in [0.25, 0.3) is 0 Å². The molecular weight excluding hydrogens is 320 g/mol. The van der Waals surface area contributed by atoms with Crippen molar-refractivity contribution in [2.75, 3.05) is 13.1 Å². The Hall–Kier alpha value is -1.98. The number of likely N-dealkylation sites (tertiary alicyclic amines) is 1. The average molecular weight is 350 g/mol. The van der Waals surface area contributed by atoms with Gasteiger partial charge in [0.1, 0.15) is 11.4 Å². The smallest absolute Gasteiger partial charge is 0.410 e. The normalized spacial score (nSPS) is 19.4. The molecule has 0 aliphatic carbocycles. The van der Waals surface area contributed by atoms with Crippen LogP contribution in [0.15, 0.2) is 22.8 Å². The number of piperidine rings is 1. The van der Waals surface area contributed by atoms with E-state index in [2.05, 4.69) is 5.32 Å². The zero-order valence-corrected chi connectivity index (χ0v) is 15.7. The lowest BCUT2D eigenvalue weighted by Crippen LogP contribution is -2.49. The van der Waals surface area contributed by atoms with Gasteiger partial charge in [-0.25, -0.2) is 4.79 Å². The number of rotatable bonds is 5. The first-order valence-electron chi connectivity index (χ1n) is 9.04. The number of carbonyl (C=O) groups is 2. The van der Waals surface area contributed by atoms with E-state index in [0.29, 0.717) is 25.9 Å². The number of carbonyl (C=O) groups excluding carboxylic acids is 2. The molecule has 6 nitrogen and oxygen atoms in total. The maximum atomic E-state index is 12.2. The molecule has 0 bridgehead atoms. The molecule has 6 heteroatoms. The monoisotopic (exact) mass is 350 g/mol. The Balaban J connectivity index is 1.79. The van der Waals surface area contributed by atoms with Crippen LogP contribution in [0.5, 0.6) is 0 Å². The standard InChI is InChI=1S/C19H30N2O4/c1-14(20-17(22)10-9-16-8-6-12-24-16)15-7-5-11-21(13-15)18(23)25-19(2,3)4/h6,8,12,14-15H,5,7,9-11,13H2,1-4H3,(H,20,22). The summed E-state index contributed by atoms with van der Waals surface area (Å²) in [5.74, 6) is 1.07. The number of nitrogens with one attached hydrogen (secondary N) is 1. The molecule has 2 atom stereocenters. The molecule has 2 amide bonds. The zero-order valence-electron chi connectivity index (χ0n) is 15.7. The van der Waals surface area contributed by atoms with Crippen LogP contribution in [-0.2, 0) is 16.0 Å². The Morgan fingerprint density at radius 1 is 1.44 bits per heavy atom. The highest BCUT2D eigenvalue weighted by atomic mass is 16.6. The SMILES string of the molecule is CC(NC(=O)CCc1ccco1)C1CCCN(C(=O)OC(C)(C)C)C1. The Labute approximate surface area is 149 Å². The second kappa shape index (κ2) is 8.41. The van der Waals surface area contributed by atoms with Gasteiger partial charge in [-0.05, 0) is 58.6 Å². The molecule has 2 heterocycles. The number of furan rings is 1. The second-order valence-electron chi connectivity index (χ2n) is 7.76. The topological polar surface area (TPSA) is 71.8 Å². The summed E-state index contributed by atoms with van der Waals surface area (Å²) < 4.78 is 10.7. The summed E-state index contributed by atoms with van der Waals surface area (Å²) in [5.41, 5.74) is -0.490. The van der Waals surface area contributed by atoms with Gasteiger partial charge in [0.15, 0.2) is 0 Å². The van der Waals surface area contributed by atoms with Gasteiger partial charge in [-0.3, -0.25) is 4.79 Å². The molecule has 140 valence electrons. The molecular formula is C19H30N2O4. The number of aryl methyl sites for hydroxylation is 1. The van der Waals surface area contributed by atoms with Crippen LogP contribution in [0.3, 0.4) is 0 Å². The van der Waals surface area contributed by atoms with E-state index >= 15 is 0 Å². The van der Waals surface area contributed by atoms with Gasteiger partial charge in [0.25, 0.3) is 0 Å². The van der Waals surface area contributed by atoms with E-state index < -0.39 is 5.60 Å². The van der Waals surface area contributed by atoms with E-state index in [1.54, 1.807) is 11.2 Å². The first kappa shape index (κ1) is 19.3. The van der Waals surface area contributed by atoms with Gasteiger partial charge in [0, 0.05) is 32.0 Å². The Morgan fingerprint density at radius 3 is 2.84 bits per heavy atom. The van der Waals surface area contributed by atoms with Crippen LogP contribution < -0.4 is 5.32 Å². The van der Waals surface area contributed by atoms with Crippen LogP contribution in [-0.4, -0.2) is 41.6 Å². The fourth-order valence-electron chi connectivity index (χ4n) is 3.05. The average Bonchev–Trinajstić information content (AvgIpc) is 3.05. The summed E-state index contributed by atoms with van der Waals surface area (Å²) in [5, 5.41) is 3.06. The van der Waals surface area contributed by atoms with Crippen LogP contribution >= 0.6 is 0 Å². The molecule has 1 fully saturated rings. The molecule has 1 N–H and O–H groups in total. The summed E-state index contributed by atoms with van der Waals surface area (Å²) in [6.45, 7) is 8.95. The van der Waals surface area contributed by atoms with Crippen molar-refractivity contribution in [3.8, 4) is 0 Å². The van der Waals surface area contributed by atoms with Crippen molar-refractivity contribution in [2.45, 2.75) is 65.0 Å². The van der Waals surface area contributed by atoms with Crippen molar-refractivity contribution in [1.82, 2.24) is 10.2 Å². The molecule has 0 saturated carbocycles. The highest BCUT2D eigenvalue weighted by Crippen LogP contribution is 2.22. The predicted octanol–water partition coefficient (Wildman–Crippen LogP) is 3.36. The van der Waals surface area contributed by atoms with Crippen LogP contribution in [0.1, 0.15) is 52.7 Å². The molecule has 1 aromatic rings. The zero-order chi connectivity index (χ0) is 18.4. The lowest BCUT2D eigenvalue weighted by molar-refractivity contribution is -0.122. The predicted molar refractivity (Wildman–Crippen MR) is 95.2 cm³/mol. The molecule has 2 rings (SSSR count). The van der Waals surface area contributed by atoms with E-state index in [4.69, 9.17) is 9.15 Å². The van der Waals surface area contributed by atoms with Gasteiger partial charge < -0.3 is 19.4 Å². The van der Waals surface area contributed by atoms with Crippen molar-refractivity contribution in [3.05, 3.63) is 24.2 Å². The maximum absolute atomic E-state index is 12.2. The van der Waals surface area contributed by atoms with Crippen molar-refractivity contribution in [2.24, 2.45) is 5.92 Å². The van der Waals surface area contributed by atoms with E-state index in [1.807, 2.05) is 39.8 Å². The minimum atomic E-state index is -0.490. The van der Waals surface area contributed by atoms with E-state index in [1.165, 1.54) is 0 Å². The lowest BCUT2D eigenvalue weighted by Gasteiger charge is -2.36. The van der Waals surface area contributed by atoms with Crippen molar-refractivity contribution >= 4 is 12.0 Å². The van der Waals surface area contributed by atoms with Crippen molar-refractivity contribution in [3.63, 3.8) is 0 Å². The molecule has 1 aliphatic heterocycles. The summed E-state index contributed by atoms with van der Waals surface area (Å²) in [7, 11) is 0. The third-order valence-electron chi connectivity index (χ3n) is 4.38. The minimum Gasteiger partial charge on any atom is -0.469 e. The Morgan fingerprint density at radius 2 is 2.20 bits per heavy atom. The third-order valence-corrected chi connectivity index (χ3v) is 4.38. The van der Waals surface area contributed by atoms with E-state index in [0.717, 1.165) is 18.6 Å². The number of ether oxygens (including phenoxy) is 1. The highest BCUT2D eigenvalue weighted by molar-refractivity contribution is 5.76. The largest absolute Gasteiger partial charge is 0.469 e. The summed E-state index contributed by atoms with van der Waals surface area (Å²) >= 11 is 0. The van der Waals surface area contributed by atoms with Gasteiger partial charge in [-0.1, -0.05) is 0 Å². The number of amides is 2. The van der Waals surface area contributed by atoms with Gasteiger partial charge in [-0.2, -0.15) is 0 Å². The molecule has 1 aromatic heterocycles. The fraction of sp³-hybridized carbons (Fsp3) is 0.684. The van der Waals surface area contributed by atoms with Gasteiger partial charge in [-0.15, -0.1) is 0 Å². The van der Waals surface area contributed by atoms with E-state index in [-0.39, 0.29) is 24.0 Å². The second-order valence-corrected chi connectivity index (χ2v) is 7.76. The van der Waals surface area contributed by atoms with Crippen LogP contribution in [0.2, 0.25) is 0 Å². The Bertz CT molecular complexity index is 562. The molecule has 0 spiro atoms. The molecule has 0 radical (unpaired) electrons. The van der Waals surface area contributed by atoms with E-state index in [9.17, 15) is 9.59 Å². The van der Waals surface area contributed by atoms with Crippen LogP contribution in [0, 0.1) is 5.92 Å². The van der Waals surface area contributed by atoms with Crippen LogP contribution in [0.4, 0.5) is 4.79 Å². The molecule has 2 unspecified atom stereocenters. The maximum Gasteiger partial charge on any atom is 0.410 e. The number of hydrogen-bond acceptors (Lipinski definition) is 4. The Kier molecular flexibility index (Phi) is 6.51. The molecule has 1 saturated heterocycles.